The van der Waals surface area contributed by atoms with Crippen molar-refractivity contribution in [3.05, 3.63) is 58.9 Å². The van der Waals surface area contributed by atoms with Crippen molar-refractivity contribution in [1.29, 1.82) is 5.26 Å². The van der Waals surface area contributed by atoms with E-state index >= 15 is 0 Å². The molecule has 142 valence electrons. The summed E-state index contributed by atoms with van der Waals surface area (Å²) >= 11 is 0. The van der Waals surface area contributed by atoms with Crippen molar-refractivity contribution in [2.45, 2.75) is 37.2 Å². The van der Waals surface area contributed by atoms with Gasteiger partial charge in [0.05, 0.1) is 22.6 Å². The number of nitrogens with one attached hydrogen (secondary N) is 1. The van der Waals surface area contributed by atoms with E-state index in [0.29, 0.717) is 36.9 Å². The minimum Gasteiger partial charge on any atom is -0.486 e. The molecule has 1 amide bonds. The van der Waals surface area contributed by atoms with Crippen LogP contribution >= 0.6 is 0 Å². The van der Waals surface area contributed by atoms with Gasteiger partial charge in [-0.2, -0.15) is 5.26 Å². The number of hydrogen-bond acceptors (Lipinski definition) is 4. The molecule has 1 heterocycles. The van der Waals surface area contributed by atoms with Gasteiger partial charge in [0.1, 0.15) is 6.07 Å². The number of rotatable bonds is 3. The van der Waals surface area contributed by atoms with Crippen LogP contribution in [-0.2, 0) is 10.2 Å². The first-order valence-electron chi connectivity index (χ1n) is 8.99. The third-order valence-corrected chi connectivity index (χ3v) is 5.62. The van der Waals surface area contributed by atoms with Gasteiger partial charge in [-0.1, -0.05) is 6.07 Å². The van der Waals surface area contributed by atoms with E-state index in [9.17, 15) is 19.1 Å². The number of anilines is 1. The van der Waals surface area contributed by atoms with Gasteiger partial charge in [0.25, 0.3) is 0 Å². The molecule has 0 saturated heterocycles. The van der Waals surface area contributed by atoms with Crippen molar-refractivity contribution in [3.63, 3.8) is 0 Å². The molecule has 0 bridgehead atoms. The fraction of sp³-hybridized carbons (Fsp3) is 0.286. The highest BCUT2D eigenvalue weighted by atomic mass is 19.1. The number of fused-ring (bicyclic) bond motifs is 2. The number of ether oxygens (including phenoxy) is 1. The van der Waals surface area contributed by atoms with E-state index in [0.717, 1.165) is 0 Å². The van der Waals surface area contributed by atoms with Crippen molar-refractivity contribution in [3.8, 4) is 11.8 Å². The van der Waals surface area contributed by atoms with Gasteiger partial charge in [-0.25, -0.2) is 9.18 Å². The molecule has 28 heavy (non-hydrogen) atoms. The van der Waals surface area contributed by atoms with Gasteiger partial charge in [-0.15, -0.1) is 0 Å². The number of amides is 1. The second-order valence-electron chi connectivity index (χ2n) is 7.15. The van der Waals surface area contributed by atoms with E-state index in [1.165, 1.54) is 24.3 Å². The molecule has 2 aromatic rings. The Labute approximate surface area is 160 Å². The lowest BCUT2D eigenvalue weighted by atomic mass is 9.69. The lowest BCUT2D eigenvalue weighted by Crippen LogP contribution is -2.41. The van der Waals surface area contributed by atoms with Gasteiger partial charge in [-0.3, -0.25) is 4.79 Å². The second kappa shape index (κ2) is 6.64. The number of carbonyl (C=O) groups excluding carboxylic acids is 1. The summed E-state index contributed by atoms with van der Waals surface area (Å²) in [4.78, 5) is 24.0. The monoisotopic (exact) mass is 380 g/mol. The van der Waals surface area contributed by atoms with Crippen molar-refractivity contribution >= 4 is 17.6 Å². The fourth-order valence-electron chi connectivity index (χ4n) is 4.13. The largest absolute Gasteiger partial charge is 0.486 e. The van der Waals surface area contributed by atoms with Crippen LogP contribution in [0.15, 0.2) is 36.4 Å². The minimum absolute atomic E-state index is 0.0598. The summed E-state index contributed by atoms with van der Waals surface area (Å²) in [6.45, 7) is 0. The second-order valence-corrected chi connectivity index (χ2v) is 7.15. The Balaban J connectivity index is 1.57. The standard InChI is InChI=1S/C21H17FN2O4/c22-16-3-1-2-13(11-23)18(16)28-14-6-8-21(9-7-14)15-10-12(19(25)26)4-5-17(15)24-20(21)27/h1-5,10,14H,6-9H2,(H,24,27)(H,25,26). The Hall–Kier alpha value is -3.40. The van der Waals surface area contributed by atoms with Gasteiger partial charge < -0.3 is 15.2 Å². The minimum atomic E-state index is -1.04. The van der Waals surface area contributed by atoms with Crippen LogP contribution in [0.2, 0.25) is 0 Å². The van der Waals surface area contributed by atoms with Gasteiger partial charge in [0, 0.05) is 5.69 Å². The number of carboxylic acid groups (broad SMARTS) is 1. The van der Waals surface area contributed by atoms with Crippen molar-refractivity contribution < 1.29 is 23.8 Å². The molecule has 2 aliphatic rings. The molecule has 1 spiro atoms. The lowest BCUT2D eigenvalue weighted by molar-refractivity contribution is -0.122. The Kier molecular flexibility index (Phi) is 4.27. The highest BCUT2D eigenvalue weighted by Crippen LogP contribution is 2.48. The molecule has 4 rings (SSSR count). The van der Waals surface area contributed by atoms with E-state index in [1.54, 1.807) is 12.1 Å². The number of hydrogen-bond donors (Lipinski definition) is 2. The summed E-state index contributed by atoms with van der Waals surface area (Å²) in [5.41, 5.74) is 0.802. The molecule has 1 fully saturated rings. The predicted octanol–water partition coefficient (Wildman–Crippen LogP) is 3.61. The lowest BCUT2D eigenvalue weighted by Gasteiger charge is -2.36. The topological polar surface area (TPSA) is 99.4 Å². The predicted molar refractivity (Wildman–Crippen MR) is 97.7 cm³/mol. The number of nitriles is 1. The molecular weight excluding hydrogens is 363 g/mol. The maximum absolute atomic E-state index is 14.1. The van der Waals surface area contributed by atoms with Crippen molar-refractivity contribution in [1.82, 2.24) is 0 Å². The van der Waals surface area contributed by atoms with Gasteiger partial charge in [-0.05, 0) is 61.6 Å². The fourth-order valence-corrected chi connectivity index (χ4v) is 4.13. The van der Waals surface area contributed by atoms with Crippen LogP contribution in [0.25, 0.3) is 0 Å². The van der Waals surface area contributed by atoms with Crippen LogP contribution < -0.4 is 10.1 Å². The van der Waals surface area contributed by atoms with Crippen LogP contribution in [0.1, 0.15) is 47.2 Å². The number of nitrogens with zero attached hydrogens (tertiary/aromatic N) is 1. The van der Waals surface area contributed by atoms with Crippen LogP contribution in [-0.4, -0.2) is 23.1 Å². The maximum atomic E-state index is 14.1. The van der Waals surface area contributed by atoms with Crippen LogP contribution in [0, 0.1) is 17.1 Å². The summed E-state index contributed by atoms with van der Waals surface area (Å²) < 4.78 is 19.8. The van der Waals surface area contributed by atoms with Crippen molar-refractivity contribution in [2.75, 3.05) is 5.32 Å². The first-order chi connectivity index (χ1) is 13.4. The Morgan fingerprint density at radius 3 is 2.71 bits per heavy atom. The summed E-state index contributed by atoms with van der Waals surface area (Å²) in [6.07, 6.45) is 1.56. The Bertz CT molecular complexity index is 1020. The average Bonchev–Trinajstić information content (AvgIpc) is 2.96. The molecule has 0 atom stereocenters. The molecule has 1 aliphatic heterocycles. The SMILES string of the molecule is N#Cc1cccc(F)c1OC1CCC2(CC1)C(=O)Nc1ccc(C(=O)O)cc12. The van der Waals surface area contributed by atoms with Gasteiger partial charge in [0.2, 0.25) is 5.91 Å². The molecule has 1 saturated carbocycles. The molecule has 0 unspecified atom stereocenters. The van der Waals surface area contributed by atoms with Gasteiger partial charge >= 0.3 is 5.97 Å². The van der Waals surface area contributed by atoms with E-state index < -0.39 is 17.2 Å². The van der Waals surface area contributed by atoms with E-state index in [2.05, 4.69) is 5.32 Å². The highest BCUT2D eigenvalue weighted by molar-refractivity contribution is 6.07. The Morgan fingerprint density at radius 1 is 1.29 bits per heavy atom. The van der Waals surface area contributed by atoms with Crippen molar-refractivity contribution in [2.24, 2.45) is 0 Å². The molecule has 0 aromatic heterocycles. The molecule has 7 heteroatoms. The Morgan fingerprint density at radius 2 is 2.04 bits per heavy atom. The first-order valence-corrected chi connectivity index (χ1v) is 8.99. The number of aromatic carboxylic acids is 1. The molecule has 0 radical (unpaired) electrons. The molecular formula is C21H17FN2O4. The number of para-hydroxylation sites is 1. The zero-order valence-electron chi connectivity index (χ0n) is 14.9. The smallest absolute Gasteiger partial charge is 0.335 e. The zero-order chi connectivity index (χ0) is 19.9. The summed E-state index contributed by atoms with van der Waals surface area (Å²) in [6, 6.07) is 10.8. The molecule has 1 aliphatic carbocycles. The van der Waals surface area contributed by atoms with E-state index in [1.807, 2.05) is 6.07 Å². The van der Waals surface area contributed by atoms with Crippen LogP contribution in [0.3, 0.4) is 0 Å². The summed E-state index contributed by atoms with van der Waals surface area (Å²) in [7, 11) is 0. The number of carbonyl (C=O) groups is 2. The maximum Gasteiger partial charge on any atom is 0.335 e. The average molecular weight is 380 g/mol. The summed E-state index contributed by atoms with van der Waals surface area (Å²) in [5.74, 6) is -1.84. The molecule has 2 N–H and O–H groups in total. The quantitative estimate of drug-likeness (QED) is 0.847. The highest BCUT2D eigenvalue weighted by Gasteiger charge is 2.49. The van der Waals surface area contributed by atoms with Crippen LogP contribution in [0.5, 0.6) is 5.75 Å². The summed E-state index contributed by atoms with van der Waals surface area (Å²) in [5, 5.41) is 21.3. The van der Waals surface area contributed by atoms with E-state index in [4.69, 9.17) is 10.00 Å². The zero-order valence-corrected chi connectivity index (χ0v) is 14.9. The van der Waals surface area contributed by atoms with E-state index in [-0.39, 0.29) is 28.9 Å². The molecule has 2 aromatic carbocycles. The van der Waals surface area contributed by atoms with Crippen LogP contribution in [0.4, 0.5) is 10.1 Å². The third kappa shape index (κ3) is 2.78. The van der Waals surface area contributed by atoms with Gasteiger partial charge in [0.15, 0.2) is 11.6 Å². The number of benzene rings is 2. The normalized spacial score (nSPS) is 23.0. The third-order valence-electron chi connectivity index (χ3n) is 5.62. The number of halogens is 1. The number of carboxylic acids is 1. The molecule has 6 nitrogen and oxygen atoms in total. The first kappa shape index (κ1) is 18.0.